The van der Waals surface area contributed by atoms with Crippen molar-refractivity contribution in [1.29, 1.82) is 0 Å². The van der Waals surface area contributed by atoms with E-state index in [4.69, 9.17) is 12.2 Å². The summed E-state index contributed by atoms with van der Waals surface area (Å²) in [5.74, 6) is 2.63. The average molecular weight is 859 g/mol. The Balaban J connectivity index is 4.46. The van der Waals surface area contributed by atoms with Gasteiger partial charge in [-0.1, -0.05) is 193 Å². The van der Waals surface area contributed by atoms with Crippen molar-refractivity contribution in [2.45, 2.75) is 233 Å². The second-order valence-corrected chi connectivity index (χ2v) is 20.1. The molecule has 0 spiro atoms. The van der Waals surface area contributed by atoms with Gasteiger partial charge in [-0.15, -0.1) is 0 Å². The fourth-order valence-corrected chi connectivity index (χ4v) is 9.84. The molecule has 0 aromatic rings. The van der Waals surface area contributed by atoms with Crippen molar-refractivity contribution in [3.63, 3.8) is 0 Å². The molecule has 0 aromatic heterocycles. The van der Waals surface area contributed by atoms with Gasteiger partial charge in [-0.25, -0.2) is 0 Å². The Morgan fingerprint density at radius 2 is 0.649 bits per heavy atom. The fourth-order valence-electron chi connectivity index (χ4n) is 7.52. The molecule has 0 fully saturated rings. The average Bonchev–Trinajstić information content (AvgIpc) is 3.21. The summed E-state index contributed by atoms with van der Waals surface area (Å²) in [6, 6.07) is 0. The second-order valence-electron chi connectivity index (χ2n) is 17.4. The first kappa shape index (κ1) is 57.3. The molecule has 342 valence electrons. The van der Waals surface area contributed by atoms with Crippen LogP contribution in [-0.4, -0.2) is 101 Å². The van der Waals surface area contributed by atoms with Crippen molar-refractivity contribution in [1.82, 2.24) is 23.7 Å². The largest absolute Gasteiger partial charge is 0.363 e. The maximum Gasteiger partial charge on any atom is 0.168 e. The normalized spacial score (nSPS) is 11.8. The van der Waals surface area contributed by atoms with Gasteiger partial charge in [0.05, 0.1) is 0 Å². The molecule has 0 rings (SSSR count). The maximum absolute atomic E-state index is 5.44. The van der Waals surface area contributed by atoms with E-state index in [1.54, 1.807) is 0 Å². The first-order valence-corrected chi connectivity index (χ1v) is 27.7. The first-order valence-electron chi connectivity index (χ1n) is 25.4. The molecule has 0 atom stereocenters. The van der Waals surface area contributed by atoms with Gasteiger partial charge in [0.2, 0.25) is 0 Å². The molecule has 0 aliphatic rings. The summed E-state index contributed by atoms with van der Waals surface area (Å²) < 4.78 is 5.47. The Morgan fingerprint density at radius 1 is 0.368 bits per heavy atom. The molecule has 0 bridgehead atoms. The zero-order chi connectivity index (χ0) is 41.7. The molecule has 0 aromatic carbocycles. The molecule has 0 heterocycles. The van der Waals surface area contributed by atoms with Crippen LogP contribution in [0, 0.1) is 0 Å². The molecule has 0 aliphatic carbocycles. The summed E-state index contributed by atoms with van der Waals surface area (Å²) in [6.07, 6.45) is 44.2. The molecule has 0 radical (unpaired) electrons. The van der Waals surface area contributed by atoms with Crippen LogP contribution in [0.4, 0.5) is 0 Å². The lowest BCUT2D eigenvalue weighted by Gasteiger charge is -2.23. The molecule has 1 N–H and O–H groups in total. The Labute approximate surface area is 374 Å². The lowest BCUT2D eigenvalue weighted by molar-refractivity contribution is 0.255. The van der Waals surface area contributed by atoms with Crippen LogP contribution in [0.5, 0.6) is 0 Å². The lowest BCUT2D eigenvalue weighted by Crippen LogP contribution is -2.35. The number of rotatable bonds is 47. The van der Waals surface area contributed by atoms with Gasteiger partial charge >= 0.3 is 0 Å². The van der Waals surface area contributed by atoms with Crippen LogP contribution in [0.1, 0.15) is 233 Å². The van der Waals surface area contributed by atoms with Crippen molar-refractivity contribution < 1.29 is 0 Å². The van der Waals surface area contributed by atoms with Crippen molar-refractivity contribution >= 4 is 41.2 Å². The number of hydrogen-bond donors (Lipinski definition) is 1. The van der Waals surface area contributed by atoms with Gasteiger partial charge in [0.1, 0.15) is 0 Å². The monoisotopic (exact) mass is 858 g/mol. The third-order valence-corrected chi connectivity index (χ3v) is 14.3. The van der Waals surface area contributed by atoms with Gasteiger partial charge in [0, 0.05) is 58.3 Å². The van der Waals surface area contributed by atoms with E-state index in [9.17, 15) is 0 Å². The number of unbranched alkanes of at least 4 members (excludes halogenated alkanes) is 25. The molecule has 0 unspecified atom stereocenters. The Morgan fingerprint density at radius 3 is 1.00 bits per heavy atom. The van der Waals surface area contributed by atoms with Crippen LogP contribution in [-0.2, 0) is 0 Å². The lowest BCUT2D eigenvalue weighted by atomic mass is 10.1. The summed E-state index contributed by atoms with van der Waals surface area (Å²) in [5.41, 5.74) is 0. The number of nitrogens with zero attached hydrogens (tertiary/aromatic N) is 4. The van der Waals surface area contributed by atoms with E-state index in [0.29, 0.717) is 0 Å². The summed E-state index contributed by atoms with van der Waals surface area (Å²) in [4.78, 5) is 4.80. The predicted molar refractivity (Wildman–Crippen MR) is 269 cm³/mol. The van der Waals surface area contributed by atoms with E-state index < -0.39 is 0 Å². The number of thiocarbonyl (C=S) groups is 1. The first-order chi connectivity index (χ1) is 28.0. The Kier molecular flexibility index (Phi) is 47.5. The molecule has 0 saturated carbocycles. The van der Waals surface area contributed by atoms with Gasteiger partial charge in [-0.05, 0) is 96.1 Å². The zero-order valence-corrected chi connectivity index (χ0v) is 42.2. The van der Waals surface area contributed by atoms with Crippen LogP contribution in [0.3, 0.4) is 0 Å². The zero-order valence-electron chi connectivity index (χ0n) is 39.7. The third kappa shape index (κ3) is 42.7. The molecule has 0 saturated heterocycles. The molecule has 8 heteroatoms. The number of hydrogen-bond acceptors (Lipinski definition) is 6. The number of nitrogens with one attached hydrogen (secondary N) is 1. The molecular weight excluding hydrogens is 755 g/mol. The molecule has 57 heavy (non-hydrogen) atoms. The smallest absolute Gasteiger partial charge is 0.168 e. The van der Waals surface area contributed by atoms with Crippen LogP contribution in [0.15, 0.2) is 0 Å². The summed E-state index contributed by atoms with van der Waals surface area (Å²) in [5, 5.41) is 4.28. The van der Waals surface area contributed by atoms with E-state index in [2.05, 4.69) is 70.4 Å². The summed E-state index contributed by atoms with van der Waals surface area (Å²) >= 11 is 9.77. The van der Waals surface area contributed by atoms with Crippen LogP contribution >= 0.6 is 36.1 Å². The summed E-state index contributed by atoms with van der Waals surface area (Å²) in [7, 11) is 4.05. The van der Waals surface area contributed by atoms with E-state index in [1.807, 2.05) is 19.0 Å². The Bertz CT molecular complexity index is 740. The minimum atomic E-state index is 0.860. The van der Waals surface area contributed by atoms with Crippen molar-refractivity contribution in [3.05, 3.63) is 0 Å². The van der Waals surface area contributed by atoms with Crippen LogP contribution in [0.2, 0.25) is 0 Å². The molecule has 5 nitrogen and oxygen atoms in total. The minimum absolute atomic E-state index is 0.860. The van der Waals surface area contributed by atoms with E-state index in [0.717, 1.165) is 11.7 Å². The minimum Gasteiger partial charge on any atom is -0.363 e. The van der Waals surface area contributed by atoms with Crippen LogP contribution in [0.25, 0.3) is 0 Å². The van der Waals surface area contributed by atoms with Gasteiger partial charge < -0.3 is 15.1 Å². The fraction of sp³-hybridized carbons (Fsp3) is 0.980. The Hall–Kier alpha value is 0.270. The quantitative estimate of drug-likeness (QED) is 0.0367. The standard InChI is InChI=1S/C49H103N5S3/c1-7-11-15-19-25-34-45-53(43-32-17-13-9-3)56-47-37-27-21-23-30-40-52(42-36-29-39-50-49(55)51(5)6)41-31-24-22-28-38-48-57-54(44-33-18-14-10-4)46-35-26-20-16-12-8-2/h7-48H2,1-6H3,(H,50,55). The van der Waals surface area contributed by atoms with E-state index in [1.165, 1.54) is 263 Å². The highest BCUT2D eigenvalue weighted by Gasteiger charge is 2.09. The predicted octanol–water partition coefficient (Wildman–Crippen LogP) is 15.2. The molecule has 0 amide bonds. The van der Waals surface area contributed by atoms with E-state index >= 15 is 0 Å². The van der Waals surface area contributed by atoms with Crippen LogP contribution < -0.4 is 5.32 Å². The van der Waals surface area contributed by atoms with Gasteiger partial charge in [-0.3, -0.25) is 8.61 Å². The van der Waals surface area contributed by atoms with Gasteiger partial charge in [0.15, 0.2) is 5.11 Å². The third-order valence-electron chi connectivity index (χ3n) is 11.4. The summed E-state index contributed by atoms with van der Waals surface area (Å²) in [6.45, 7) is 19.3. The molecular formula is C49H103N5S3. The maximum atomic E-state index is 5.44. The highest BCUT2D eigenvalue weighted by atomic mass is 32.2. The highest BCUT2D eigenvalue weighted by molar-refractivity contribution is 7.97. The van der Waals surface area contributed by atoms with E-state index in [-0.39, 0.29) is 0 Å². The van der Waals surface area contributed by atoms with Crippen molar-refractivity contribution in [3.8, 4) is 0 Å². The van der Waals surface area contributed by atoms with Gasteiger partial charge in [-0.2, -0.15) is 0 Å². The molecule has 0 aliphatic heterocycles. The van der Waals surface area contributed by atoms with Crippen molar-refractivity contribution in [2.24, 2.45) is 0 Å². The topological polar surface area (TPSA) is 25.0 Å². The van der Waals surface area contributed by atoms with Crippen molar-refractivity contribution in [2.75, 3.05) is 78.0 Å². The SMILES string of the molecule is CCCCCCCCN(CCCCCC)SCCCCCCCN(CCCCCCCSN(CCCCCC)CCCCCCCC)CCCCNC(=S)N(C)C. The second kappa shape index (κ2) is 47.3. The highest BCUT2D eigenvalue weighted by Crippen LogP contribution is 2.20. The van der Waals surface area contributed by atoms with Gasteiger partial charge in [0.25, 0.3) is 0 Å².